The molecule has 2 rings (SSSR count). The van der Waals surface area contributed by atoms with Crippen LogP contribution in [-0.4, -0.2) is 39.3 Å². The standard InChI is InChI=1S/C21H33NO4Si/c1-14(26-27(6,7)21(2,3)4)18-16(22-20(18)24)13-17(23)19(25-5)15-11-9-8-10-12-15/h8-12,14,16,18-19H,13H2,1-7H3,(H,22,24)/t14-,16-,18-,19+/m1/s1. The maximum absolute atomic E-state index is 12.8. The summed E-state index contributed by atoms with van der Waals surface area (Å²) < 4.78 is 11.8. The van der Waals surface area contributed by atoms with Gasteiger partial charge in [-0.1, -0.05) is 51.1 Å². The molecule has 1 saturated heterocycles. The van der Waals surface area contributed by atoms with Gasteiger partial charge in [0.05, 0.1) is 12.0 Å². The highest BCUT2D eigenvalue weighted by Gasteiger charge is 2.48. The summed E-state index contributed by atoms with van der Waals surface area (Å²) in [4.78, 5) is 25.0. The van der Waals surface area contributed by atoms with E-state index in [4.69, 9.17) is 9.16 Å². The highest BCUT2D eigenvalue weighted by molar-refractivity contribution is 6.74. The normalized spacial score (nSPS) is 22.6. The third-order valence-electron chi connectivity index (χ3n) is 5.91. The van der Waals surface area contributed by atoms with Crippen molar-refractivity contribution in [2.75, 3.05) is 7.11 Å². The van der Waals surface area contributed by atoms with Crippen LogP contribution >= 0.6 is 0 Å². The van der Waals surface area contributed by atoms with Crippen LogP contribution in [0.2, 0.25) is 18.1 Å². The van der Waals surface area contributed by atoms with Crippen LogP contribution in [0.5, 0.6) is 0 Å². The molecule has 1 aliphatic heterocycles. The van der Waals surface area contributed by atoms with Gasteiger partial charge < -0.3 is 14.5 Å². The molecule has 0 aliphatic carbocycles. The van der Waals surface area contributed by atoms with Gasteiger partial charge in [-0.05, 0) is 30.6 Å². The number of carbonyl (C=O) groups is 2. The summed E-state index contributed by atoms with van der Waals surface area (Å²) in [5, 5.41) is 2.95. The highest BCUT2D eigenvalue weighted by atomic mass is 28.4. The quantitative estimate of drug-likeness (QED) is 0.540. The lowest BCUT2D eigenvalue weighted by Crippen LogP contribution is -2.64. The zero-order chi connectivity index (χ0) is 20.4. The van der Waals surface area contributed by atoms with Gasteiger partial charge in [-0.3, -0.25) is 9.59 Å². The predicted molar refractivity (Wildman–Crippen MR) is 109 cm³/mol. The van der Waals surface area contributed by atoms with Crippen molar-refractivity contribution < 1.29 is 18.8 Å². The fraction of sp³-hybridized carbons (Fsp3) is 0.619. The smallest absolute Gasteiger partial charge is 0.228 e. The van der Waals surface area contributed by atoms with E-state index < -0.39 is 14.4 Å². The SMILES string of the molecule is CO[C@H](C(=O)C[C@H]1NC(=O)[C@@H]1[C@@H](C)O[Si](C)(C)C(C)(C)C)c1ccccc1. The lowest BCUT2D eigenvalue weighted by Gasteiger charge is -2.45. The monoisotopic (exact) mass is 391 g/mol. The number of Topliss-reactive ketones (excluding diaryl/α,β-unsaturated/α-hetero) is 1. The van der Waals surface area contributed by atoms with E-state index in [1.807, 2.05) is 37.3 Å². The van der Waals surface area contributed by atoms with Crippen LogP contribution in [0.1, 0.15) is 45.8 Å². The zero-order valence-corrected chi connectivity index (χ0v) is 18.5. The summed E-state index contributed by atoms with van der Waals surface area (Å²) in [6.45, 7) is 12.8. The molecule has 0 spiro atoms. The summed E-state index contributed by atoms with van der Waals surface area (Å²) >= 11 is 0. The first-order valence-electron chi connectivity index (χ1n) is 9.56. The van der Waals surface area contributed by atoms with Crippen LogP contribution < -0.4 is 5.32 Å². The Balaban J connectivity index is 2.04. The number of ether oxygens (including phenoxy) is 1. The van der Waals surface area contributed by atoms with Gasteiger partial charge in [0, 0.05) is 19.6 Å². The molecule has 150 valence electrons. The number of amides is 1. The van der Waals surface area contributed by atoms with Gasteiger partial charge in [0.25, 0.3) is 0 Å². The number of hydrogen-bond donors (Lipinski definition) is 1. The van der Waals surface area contributed by atoms with Crippen LogP contribution in [0.3, 0.4) is 0 Å². The van der Waals surface area contributed by atoms with Gasteiger partial charge in [-0.15, -0.1) is 0 Å². The molecule has 0 bridgehead atoms. The van der Waals surface area contributed by atoms with Gasteiger partial charge in [0.2, 0.25) is 5.91 Å². The minimum Gasteiger partial charge on any atom is -0.413 e. The topological polar surface area (TPSA) is 64.6 Å². The Morgan fingerprint density at radius 2 is 1.81 bits per heavy atom. The van der Waals surface area contributed by atoms with Gasteiger partial charge in [-0.25, -0.2) is 0 Å². The molecule has 1 aliphatic rings. The molecule has 27 heavy (non-hydrogen) atoms. The van der Waals surface area contributed by atoms with E-state index in [9.17, 15) is 9.59 Å². The van der Waals surface area contributed by atoms with E-state index in [-0.39, 0.29) is 41.2 Å². The average molecular weight is 392 g/mol. The van der Waals surface area contributed by atoms with Crippen molar-refractivity contribution in [3.05, 3.63) is 35.9 Å². The largest absolute Gasteiger partial charge is 0.413 e. The Bertz CT molecular complexity index is 669. The van der Waals surface area contributed by atoms with Gasteiger partial charge in [0.15, 0.2) is 14.1 Å². The minimum atomic E-state index is -1.98. The molecule has 1 fully saturated rings. The molecule has 6 heteroatoms. The molecule has 1 N–H and O–H groups in total. The number of rotatable bonds is 8. The second kappa shape index (κ2) is 8.25. The molecule has 1 aromatic rings. The maximum Gasteiger partial charge on any atom is 0.228 e. The maximum atomic E-state index is 12.8. The number of carbonyl (C=O) groups excluding carboxylic acids is 2. The first-order chi connectivity index (χ1) is 12.5. The van der Waals surface area contributed by atoms with Gasteiger partial charge >= 0.3 is 0 Å². The second-order valence-electron chi connectivity index (χ2n) is 8.92. The average Bonchev–Trinajstić information content (AvgIpc) is 2.54. The number of hydrogen-bond acceptors (Lipinski definition) is 4. The van der Waals surface area contributed by atoms with Crippen molar-refractivity contribution >= 4 is 20.0 Å². The van der Waals surface area contributed by atoms with Crippen molar-refractivity contribution in [3.63, 3.8) is 0 Å². The molecule has 1 aromatic carbocycles. The Kier molecular flexibility index (Phi) is 6.66. The van der Waals surface area contributed by atoms with Gasteiger partial charge in [0.1, 0.15) is 6.10 Å². The molecule has 1 heterocycles. The summed E-state index contributed by atoms with van der Waals surface area (Å²) in [6, 6.07) is 9.24. The fourth-order valence-corrected chi connectivity index (χ4v) is 4.72. The van der Waals surface area contributed by atoms with E-state index in [0.717, 1.165) is 5.56 Å². The van der Waals surface area contributed by atoms with Crippen LogP contribution in [0.4, 0.5) is 0 Å². The molecule has 0 radical (unpaired) electrons. The van der Waals surface area contributed by atoms with Crippen LogP contribution in [0.15, 0.2) is 30.3 Å². The van der Waals surface area contributed by atoms with Crippen molar-refractivity contribution in [1.29, 1.82) is 0 Å². The number of ketones is 1. The van der Waals surface area contributed by atoms with E-state index in [2.05, 4.69) is 39.2 Å². The minimum absolute atomic E-state index is 0.0294. The zero-order valence-electron chi connectivity index (χ0n) is 17.5. The van der Waals surface area contributed by atoms with E-state index in [1.54, 1.807) is 0 Å². The number of benzene rings is 1. The first-order valence-corrected chi connectivity index (χ1v) is 12.5. The number of methoxy groups -OCH3 is 1. The number of nitrogens with one attached hydrogen (secondary N) is 1. The molecule has 5 nitrogen and oxygen atoms in total. The van der Waals surface area contributed by atoms with E-state index in [0.29, 0.717) is 0 Å². The van der Waals surface area contributed by atoms with Crippen LogP contribution in [0.25, 0.3) is 0 Å². The molecular formula is C21H33NO4Si. The molecular weight excluding hydrogens is 358 g/mol. The van der Waals surface area contributed by atoms with Crippen molar-refractivity contribution in [2.24, 2.45) is 5.92 Å². The molecule has 0 unspecified atom stereocenters. The summed E-state index contributed by atoms with van der Waals surface area (Å²) in [6.07, 6.45) is -0.578. The highest BCUT2D eigenvalue weighted by Crippen LogP contribution is 2.39. The van der Waals surface area contributed by atoms with Gasteiger partial charge in [-0.2, -0.15) is 0 Å². The Morgan fingerprint density at radius 1 is 1.22 bits per heavy atom. The Labute approximate surface area is 164 Å². The number of β-lactam (4-membered cyclic amide) rings is 1. The summed E-state index contributed by atoms with van der Waals surface area (Å²) in [5.41, 5.74) is 0.831. The summed E-state index contributed by atoms with van der Waals surface area (Å²) in [5.74, 6) is -0.359. The fourth-order valence-electron chi connectivity index (χ4n) is 3.29. The third-order valence-corrected chi connectivity index (χ3v) is 10.5. The van der Waals surface area contributed by atoms with Crippen LogP contribution in [0, 0.1) is 5.92 Å². The van der Waals surface area contributed by atoms with E-state index in [1.165, 1.54) is 7.11 Å². The third kappa shape index (κ3) is 4.86. The van der Waals surface area contributed by atoms with Crippen LogP contribution in [-0.2, 0) is 18.8 Å². The lowest BCUT2D eigenvalue weighted by molar-refractivity contribution is -0.143. The molecule has 0 saturated carbocycles. The van der Waals surface area contributed by atoms with Crippen molar-refractivity contribution in [2.45, 2.75) is 70.5 Å². The Morgan fingerprint density at radius 3 is 2.30 bits per heavy atom. The molecule has 0 aromatic heterocycles. The van der Waals surface area contributed by atoms with E-state index >= 15 is 0 Å². The summed E-state index contributed by atoms with van der Waals surface area (Å²) in [7, 11) is -0.446. The van der Waals surface area contributed by atoms with Crippen molar-refractivity contribution in [3.8, 4) is 0 Å². The second-order valence-corrected chi connectivity index (χ2v) is 13.7. The van der Waals surface area contributed by atoms with Crippen molar-refractivity contribution in [1.82, 2.24) is 5.32 Å². The lowest BCUT2D eigenvalue weighted by atomic mass is 9.82. The first kappa shape index (κ1) is 21.8. The predicted octanol–water partition coefficient (Wildman–Crippen LogP) is 3.86. The Hall–Kier alpha value is -1.50. The molecule has 4 atom stereocenters. The molecule has 1 amide bonds.